The Bertz CT molecular complexity index is 499. The normalized spacial score (nSPS) is 14.4. The van der Waals surface area contributed by atoms with Gasteiger partial charge in [0, 0.05) is 18.4 Å². The number of fused-ring (bicyclic) bond motifs is 1. The van der Waals surface area contributed by atoms with Crippen LogP contribution < -0.4 is 10.6 Å². The highest BCUT2D eigenvalue weighted by atomic mass is 32.1. The van der Waals surface area contributed by atoms with Gasteiger partial charge in [-0.05, 0) is 18.1 Å². The molecule has 0 fully saturated rings. The Morgan fingerprint density at radius 1 is 1.50 bits per heavy atom. The maximum absolute atomic E-state index is 8.89. The molecule has 0 spiro atoms. The Balaban J connectivity index is 2.33. The number of hydrogen-bond donors (Lipinski definition) is 1. The number of nitrogens with zero attached hydrogens (tertiary/aromatic N) is 2. The number of nitriles is 1. The average molecular weight is 229 g/mol. The molecule has 1 aromatic rings. The first-order valence-electron chi connectivity index (χ1n) is 4.98. The van der Waals surface area contributed by atoms with Crippen LogP contribution in [0.4, 0.5) is 5.69 Å². The van der Waals surface area contributed by atoms with E-state index >= 15 is 0 Å². The smallest absolute Gasteiger partial charge is 0.116 e. The maximum Gasteiger partial charge on any atom is 0.116 e. The Morgan fingerprint density at radius 3 is 2.94 bits per heavy atom. The zero-order valence-corrected chi connectivity index (χ0v) is 9.50. The Labute approximate surface area is 99.8 Å². The summed E-state index contributed by atoms with van der Waals surface area (Å²) in [6.45, 7) is 0.868. The van der Waals surface area contributed by atoms with Gasteiger partial charge in [0.1, 0.15) is 16.6 Å². The Hall–Kier alpha value is -1.86. The molecule has 0 amide bonds. The van der Waals surface area contributed by atoms with Crippen molar-refractivity contribution in [3.63, 3.8) is 0 Å². The van der Waals surface area contributed by atoms with Gasteiger partial charge in [-0.2, -0.15) is 5.26 Å². The van der Waals surface area contributed by atoms with Crippen molar-refractivity contribution in [2.24, 2.45) is 5.73 Å². The second kappa shape index (κ2) is 4.33. The third kappa shape index (κ3) is 1.90. The van der Waals surface area contributed by atoms with Gasteiger partial charge < -0.3 is 10.6 Å². The lowest BCUT2D eigenvalue weighted by Crippen LogP contribution is -2.18. The molecule has 0 bridgehead atoms. The Kier molecular flexibility index (Phi) is 2.88. The van der Waals surface area contributed by atoms with E-state index in [0.717, 1.165) is 18.7 Å². The standard InChI is InChI=1S/C12H11N3S/c13-7-10(12(14)16)8-15-6-5-9-3-1-2-4-11(9)15/h1-4,8H,5-6H2,(H2,14,16)/b10-8+. The van der Waals surface area contributed by atoms with Gasteiger partial charge in [0.05, 0.1) is 0 Å². The van der Waals surface area contributed by atoms with Crippen LogP contribution in [0, 0.1) is 11.3 Å². The lowest BCUT2D eigenvalue weighted by atomic mass is 10.2. The molecular formula is C12H11N3S. The number of anilines is 1. The molecule has 3 nitrogen and oxygen atoms in total. The fourth-order valence-electron chi connectivity index (χ4n) is 1.80. The minimum atomic E-state index is 0.145. The third-order valence-corrected chi connectivity index (χ3v) is 2.81. The largest absolute Gasteiger partial charge is 0.389 e. The zero-order valence-electron chi connectivity index (χ0n) is 8.68. The minimum absolute atomic E-state index is 0.145. The zero-order chi connectivity index (χ0) is 11.5. The van der Waals surface area contributed by atoms with Gasteiger partial charge in [0.15, 0.2) is 0 Å². The first kappa shape index (κ1) is 10.7. The first-order chi connectivity index (χ1) is 7.72. The highest BCUT2D eigenvalue weighted by Gasteiger charge is 2.17. The predicted octanol–water partition coefficient (Wildman–Crippen LogP) is 1.74. The molecule has 0 atom stereocenters. The van der Waals surface area contributed by atoms with Crippen molar-refractivity contribution >= 4 is 22.9 Å². The summed E-state index contributed by atoms with van der Waals surface area (Å²) in [6.07, 6.45) is 2.72. The molecule has 80 valence electrons. The number of hydrogen-bond acceptors (Lipinski definition) is 3. The molecule has 1 aliphatic heterocycles. The maximum atomic E-state index is 8.89. The SMILES string of the molecule is N#C/C(=C\N1CCc2ccccc21)C(N)=S. The van der Waals surface area contributed by atoms with Crippen molar-refractivity contribution < 1.29 is 0 Å². The lowest BCUT2D eigenvalue weighted by Gasteiger charge is -2.14. The van der Waals surface area contributed by atoms with E-state index < -0.39 is 0 Å². The topological polar surface area (TPSA) is 53.0 Å². The van der Waals surface area contributed by atoms with Crippen molar-refractivity contribution in [2.75, 3.05) is 11.4 Å². The second-order valence-electron chi connectivity index (χ2n) is 3.59. The van der Waals surface area contributed by atoms with E-state index in [1.54, 1.807) is 6.20 Å². The van der Waals surface area contributed by atoms with E-state index in [4.69, 9.17) is 23.2 Å². The van der Waals surface area contributed by atoms with E-state index in [9.17, 15) is 0 Å². The summed E-state index contributed by atoms with van der Waals surface area (Å²) in [4.78, 5) is 2.17. The summed E-state index contributed by atoms with van der Waals surface area (Å²) in [5.41, 5.74) is 8.23. The van der Waals surface area contributed by atoms with Gasteiger partial charge in [-0.15, -0.1) is 0 Å². The number of benzene rings is 1. The molecule has 2 rings (SSSR count). The monoisotopic (exact) mass is 229 g/mol. The van der Waals surface area contributed by atoms with Crippen LogP contribution in [-0.4, -0.2) is 11.5 Å². The summed E-state index contributed by atoms with van der Waals surface area (Å²) in [5, 5.41) is 8.89. The molecule has 0 aliphatic carbocycles. The predicted molar refractivity (Wildman–Crippen MR) is 68.0 cm³/mol. The highest BCUT2D eigenvalue weighted by molar-refractivity contribution is 7.80. The van der Waals surface area contributed by atoms with Crippen molar-refractivity contribution in [1.29, 1.82) is 5.26 Å². The lowest BCUT2D eigenvalue weighted by molar-refractivity contribution is 0.990. The van der Waals surface area contributed by atoms with E-state index in [-0.39, 0.29) is 4.99 Å². The van der Waals surface area contributed by atoms with Crippen LogP contribution in [0.1, 0.15) is 5.56 Å². The van der Waals surface area contributed by atoms with E-state index in [1.165, 1.54) is 5.56 Å². The van der Waals surface area contributed by atoms with Crippen molar-refractivity contribution in [3.8, 4) is 6.07 Å². The molecule has 16 heavy (non-hydrogen) atoms. The fourth-order valence-corrected chi connectivity index (χ4v) is 1.90. The molecule has 0 saturated heterocycles. The summed E-state index contributed by atoms with van der Waals surface area (Å²) in [7, 11) is 0. The number of nitrogens with two attached hydrogens (primary N) is 1. The quantitative estimate of drug-likeness (QED) is 0.477. The average Bonchev–Trinajstić information content (AvgIpc) is 2.69. The molecular weight excluding hydrogens is 218 g/mol. The van der Waals surface area contributed by atoms with Crippen molar-refractivity contribution in [2.45, 2.75) is 6.42 Å². The second-order valence-corrected chi connectivity index (χ2v) is 4.03. The van der Waals surface area contributed by atoms with E-state index in [2.05, 4.69) is 6.07 Å². The molecule has 0 unspecified atom stereocenters. The first-order valence-corrected chi connectivity index (χ1v) is 5.39. The Morgan fingerprint density at radius 2 is 2.25 bits per heavy atom. The highest BCUT2D eigenvalue weighted by Crippen LogP contribution is 2.27. The van der Waals surface area contributed by atoms with Gasteiger partial charge >= 0.3 is 0 Å². The molecule has 1 aromatic carbocycles. The van der Waals surface area contributed by atoms with Gasteiger partial charge in [-0.25, -0.2) is 0 Å². The van der Waals surface area contributed by atoms with Gasteiger partial charge in [0.25, 0.3) is 0 Å². The summed E-state index contributed by atoms with van der Waals surface area (Å²) < 4.78 is 0. The van der Waals surface area contributed by atoms with E-state index in [0.29, 0.717) is 5.57 Å². The molecule has 2 N–H and O–H groups in total. The van der Waals surface area contributed by atoms with Crippen LogP contribution in [0.2, 0.25) is 0 Å². The fraction of sp³-hybridized carbons (Fsp3) is 0.167. The molecule has 1 heterocycles. The van der Waals surface area contributed by atoms with Crippen LogP contribution in [0.3, 0.4) is 0 Å². The summed E-state index contributed by atoms with van der Waals surface area (Å²) in [5.74, 6) is 0. The number of para-hydroxylation sites is 1. The number of thiocarbonyl (C=S) groups is 1. The van der Waals surface area contributed by atoms with Crippen LogP contribution in [0.15, 0.2) is 36.0 Å². The summed E-state index contributed by atoms with van der Waals surface area (Å²) >= 11 is 4.81. The van der Waals surface area contributed by atoms with Crippen LogP contribution in [0.25, 0.3) is 0 Å². The van der Waals surface area contributed by atoms with Crippen LogP contribution >= 0.6 is 12.2 Å². The summed E-state index contributed by atoms with van der Waals surface area (Å²) in [6, 6.07) is 10.1. The van der Waals surface area contributed by atoms with Gasteiger partial charge in [-0.3, -0.25) is 0 Å². The molecule has 0 saturated carbocycles. The van der Waals surface area contributed by atoms with Crippen molar-refractivity contribution in [1.82, 2.24) is 0 Å². The molecule has 0 radical (unpaired) electrons. The molecule has 1 aliphatic rings. The van der Waals surface area contributed by atoms with Crippen LogP contribution in [-0.2, 0) is 6.42 Å². The van der Waals surface area contributed by atoms with Gasteiger partial charge in [-0.1, -0.05) is 30.4 Å². The van der Waals surface area contributed by atoms with Crippen molar-refractivity contribution in [3.05, 3.63) is 41.6 Å². The third-order valence-electron chi connectivity index (χ3n) is 2.59. The minimum Gasteiger partial charge on any atom is -0.389 e. The van der Waals surface area contributed by atoms with Gasteiger partial charge in [0.2, 0.25) is 0 Å². The van der Waals surface area contributed by atoms with E-state index in [1.807, 2.05) is 29.2 Å². The van der Waals surface area contributed by atoms with Crippen LogP contribution in [0.5, 0.6) is 0 Å². The molecule has 4 heteroatoms. The number of rotatable bonds is 2. The molecule has 0 aromatic heterocycles.